The van der Waals surface area contributed by atoms with Gasteiger partial charge < -0.3 is 16.0 Å². The third-order valence-electron chi connectivity index (χ3n) is 3.33. The highest BCUT2D eigenvalue weighted by Crippen LogP contribution is 2.22. The molecule has 0 aliphatic rings. The molecule has 0 radical (unpaired) electrons. The molecule has 8 heteroatoms. The van der Waals surface area contributed by atoms with Crippen LogP contribution in [0.15, 0.2) is 42.5 Å². The molecule has 0 fully saturated rings. The van der Waals surface area contributed by atoms with Crippen molar-refractivity contribution < 1.29 is 14.4 Å². The zero-order valence-corrected chi connectivity index (χ0v) is 15.5. The van der Waals surface area contributed by atoms with E-state index < -0.39 is 0 Å². The highest BCUT2D eigenvalue weighted by molar-refractivity contribution is 7.18. The molecule has 1 aromatic carbocycles. The van der Waals surface area contributed by atoms with Crippen LogP contribution in [0.3, 0.4) is 0 Å². The molecule has 0 saturated carbocycles. The molecule has 0 aliphatic carbocycles. The monoisotopic (exact) mass is 374 g/mol. The lowest BCUT2D eigenvalue weighted by Crippen LogP contribution is -2.36. The van der Waals surface area contributed by atoms with Gasteiger partial charge in [0, 0.05) is 24.7 Å². The van der Waals surface area contributed by atoms with E-state index in [1.54, 1.807) is 24.3 Å². The Hall–Kier alpha value is -2.87. The first kappa shape index (κ1) is 19.5. The Labute approximate surface area is 156 Å². The molecular weight excluding hydrogens is 352 g/mol. The van der Waals surface area contributed by atoms with Crippen LogP contribution in [0.4, 0.5) is 15.5 Å². The number of rotatable bonds is 7. The van der Waals surface area contributed by atoms with E-state index in [0.717, 1.165) is 0 Å². The van der Waals surface area contributed by atoms with Crippen LogP contribution in [0.2, 0.25) is 0 Å². The fourth-order valence-electron chi connectivity index (χ4n) is 1.98. The number of thiophene rings is 1. The van der Waals surface area contributed by atoms with Gasteiger partial charge in [0.15, 0.2) is 0 Å². The van der Waals surface area contributed by atoms with Gasteiger partial charge in [0.25, 0.3) is 5.91 Å². The van der Waals surface area contributed by atoms with Crippen molar-refractivity contribution in [3.63, 3.8) is 0 Å². The molecule has 2 rings (SSSR count). The molecule has 0 unspecified atom stereocenters. The molecule has 2 aromatic rings. The second-order valence-electron chi connectivity index (χ2n) is 5.81. The van der Waals surface area contributed by atoms with Crippen LogP contribution >= 0.6 is 11.3 Å². The molecule has 0 atom stereocenters. The molecule has 4 amide bonds. The predicted molar refractivity (Wildman–Crippen MR) is 104 cm³/mol. The van der Waals surface area contributed by atoms with Crippen molar-refractivity contribution >= 4 is 39.9 Å². The van der Waals surface area contributed by atoms with Crippen molar-refractivity contribution in [2.24, 2.45) is 5.92 Å². The van der Waals surface area contributed by atoms with Crippen LogP contribution in [0, 0.1) is 5.92 Å². The lowest BCUT2D eigenvalue weighted by atomic mass is 10.2. The van der Waals surface area contributed by atoms with Gasteiger partial charge in [-0.1, -0.05) is 32.0 Å². The number of urea groups is 1. The van der Waals surface area contributed by atoms with E-state index in [0.29, 0.717) is 28.7 Å². The molecule has 0 bridgehead atoms. The smallest absolute Gasteiger partial charge is 0.324 e. The van der Waals surface area contributed by atoms with Crippen molar-refractivity contribution in [3.8, 4) is 0 Å². The molecule has 1 heterocycles. The fourth-order valence-corrected chi connectivity index (χ4v) is 2.79. The number of amides is 4. The summed E-state index contributed by atoms with van der Waals surface area (Å²) in [5, 5.41) is 11.4. The molecule has 26 heavy (non-hydrogen) atoms. The topological polar surface area (TPSA) is 99.3 Å². The first-order valence-corrected chi connectivity index (χ1v) is 9.06. The van der Waals surface area contributed by atoms with Crippen molar-refractivity contribution in [1.29, 1.82) is 0 Å². The first-order chi connectivity index (χ1) is 12.5. The molecule has 4 N–H and O–H groups in total. The Morgan fingerprint density at radius 1 is 0.923 bits per heavy atom. The van der Waals surface area contributed by atoms with Crippen LogP contribution in [-0.4, -0.2) is 30.9 Å². The van der Waals surface area contributed by atoms with Crippen LogP contribution in [0.1, 0.15) is 23.5 Å². The maximum absolute atomic E-state index is 12.1. The van der Waals surface area contributed by atoms with Gasteiger partial charge in [-0.25, -0.2) is 4.79 Å². The van der Waals surface area contributed by atoms with Gasteiger partial charge >= 0.3 is 6.03 Å². The third-order valence-corrected chi connectivity index (χ3v) is 4.33. The number of benzene rings is 1. The van der Waals surface area contributed by atoms with Gasteiger partial charge in [0.05, 0.1) is 9.88 Å². The number of anilines is 2. The fraction of sp³-hybridized carbons (Fsp3) is 0.278. The van der Waals surface area contributed by atoms with E-state index in [1.807, 2.05) is 32.0 Å². The van der Waals surface area contributed by atoms with Crippen molar-refractivity contribution in [2.45, 2.75) is 13.8 Å². The van der Waals surface area contributed by atoms with Crippen LogP contribution in [0.5, 0.6) is 0 Å². The van der Waals surface area contributed by atoms with Gasteiger partial charge in [-0.2, -0.15) is 0 Å². The van der Waals surface area contributed by atoms with Gasteiger partial charge in [-0.15, -0.1) is 11.3 Å². The highest BCUT2D eigenvalue weighted by atomic mass is 32.1. The second kappa shape index (κ2) is 9.57. The Morgan fingerprint density at radius 2 is 1.62 bits per heavy atom. The number of hydrogen-bond acceptors (Lipinski definition) is 4. The van der Waals surface area contributed by atoms with Gasteiger partial charge in [0.1, 0.15) is 0 Å². The molecule has 7 nitrogen and oxygen atoms in total. The van der Waals surface area contributed by atoms with Gasteiger partial charge in [0.2, 0.25) is 5.91 Å². The second-order valence-corrected chi connectivity index (χ2v) is 6.89. The number of nitrogens with one attached hydrogen (secondary N) is 4. The molecule has 1 aromatic heterocycles. The van der Waals surface area contributed by atoms with Crippen molar-refractivity contribution in [2.75, 3.05) is 23.7 Å². The summed E-state index contributed by atoms with van der Waals surface area (Å²) >= 11 is 1.18. The summed E-state index contributed by atoms with van der Waals surface area (Å²) in [6.07, 6.45) is 0. The van der Waals surface area contributed by atoms with E-state index >= 15 is 0 Å². The quantitative estimate of drug-likeness (QED) is 0.561. The van der Waals surface area contributed by atoms with Gasteiger partial charge in [-0.3, -0.25) is 14.9 Å². The summed E-state index contributed by atoms with van der Waals surface area (Å²) in [7, 11) is 0. The number of para-hydroxylation sites is 1. The minimum absolute atomic E-state index is 0.0497. The Kier molecular flexibility index (Phi) is 7.16. The maximum atomic E-state index is 12.1. The molecular formula is C18H22N4O3S. The summed E-state index contributed by atoms with van der Waals surface area (Å²) in [4.78, 5) is 35.9. The summed E-state index contributed by atoms with van der Waals surface area (Å²) in [5.74, 6) is -0.379. The van der Waals surface area contributed by atoms with E-state index in [4.69, 9.17) is 0 Å². The third kappa shape index (κ3) is 6.21. The summed E-state index contributed by atoms with van der Waals surface area (Å²) < 4.78 is 0. The minimum Gasteiger partial charge on any atom is -0.354 e. The van der Waals surface area contributed by atoms with Crippen LogP contribution in [0.25, 0.3) is 0 Å². The maximum Gasteiger partial charge on any atom is 0.324 e. The normalized spacial score (nSPS) is 10.3. The average Bonchev–Trinajstić information content (AvgIpc) is 3.07. The molecule has 0 spiro atoms. The Bertz CT molecular complexity index is 759. The number of carbonyl (C=O) groups excluding carboxylic acids is 3. The molecule has 0 saturated heterocycles. The van der Waals surface area contributed by atoms with Crippen molar-refractivity contribution in [3.05, 3.63) is 47.3 Å². The minimum atomic E-state index is -0.374. The SMILES string of the molecule is CC(C)C(=O)NCCNC(=O)c1ccc(NC(=O)Nc2ccccc2)s1. The van der Waals surface area contributed by atoms with Crippen LogP contribution in [-0.2, 0) is 4.79 Å². The molecule has 138 valence electrons. The van der Waals surface area contributed by atoms with Crippen LogP contribution < -0.4 is 21.3 Å². The largest absolute Gasteiger partial charge is 0.354 e. The van der Waals surface area contributed by atoms with Crippen molar-refractivity contribution in [1.82, 2.24) is 10.6 Å². The summed E-state index contributed by atoms with van der Waals surface area (Å²) in [5.41, 5.74) is 0.683. The van der Waals surface area contributed by atoms with Gasteiger partial charge in [-0.05, 0) is 24.3 Å². The lowest BCUT2D eigenvalue weighted by Gasteiger charge is -2.08. The number of hydrogen-bond donors (Lipinski definition) is 4. The average molecular weight is 374 g/mol. The van der Waals surface area contributed by atoms with E-state index in [1.165, 1.54) is 11.3 Å². The van der Waals surface area contributed by atoms with E-state index in [9.17, 15) is 14.4 Å². The Balaban J connectivity index is 1.76. The van der Waals surface area contributed by atoms with E-state index in [2.05, 4.69) is 21.3 Å². The number of carbonyl (C=O) groups is 3. The summed E-state index contributed by atoms with van der Waals surface area (Å²) in [6, 6.07) is 12.0. The zero-order valence-electron chi connectivity index (χ0n) is 14.7. The first-order valence-electron chi connectivity index (χ1n) is 8.24. The molecule has 0 aliphatic heterocycles. The lowest BCUT2D eigenvalue weighted by molar-refractivity contribution is -0.123. The van der Waals surface area contributed by atoms with E-state index in [-0.39, 0.29) is 23.8 Å². The summed E-state index contributed by atoms with van der Waals surface area (Å²) in [6.45, 7) is 4.33. The highest BCUT2D eigenvalue weighted by Gasteiger charge is 2.11. The standard InChI is InChI=1S/C18H22N4O3S/c1-12(2)16(23)19-10-11-20-17(24)14-8-9-15(26-14)22-18(25)21-13-6-4-3-5-7-13/h3-9,12H,10-11H2,1-2H3,(H,19,23)(H,20,24)(H2,21,22,25). The predicted octanol–water partition coefficient (Wildman–Crippen LogP) is 2.89. The zero-order chi connectivity index (χ0) is 18.9. The Morgan fingerprint density at radius 3 is 2.31 bits per heavy atom.